The normalized spacial score (nSPS) is 10.6. The van der Waals surface area contributed by atoms with Crippen LogP contribution in [0, 0.1) is 6.07 Å². The van der Waals surface area contributed by atoms with Crippen molar-refractivity contribution in [3.63, 3.8) is 0 Å². The Morgan fingerprint density at radius 3 is 3.00 bits per heavy atom. The Labute approximate surface area is 68.6 Å². The number of rotatable bonds is 3. The summed E-state index contributed by atoms with van der Waals surface area (Å²) in [7, 11) is 0. The third-order valence-electron chi connectivity index (χ3n) is 1.53. The molecule has 0 saturated carbocycles. The maximum Gasteiger partial charge on any atom is -0.00972 e. The van der Waals surface area contributed by atoms with E-state index in [0.717, 1.165) is 12.8 Å². The zero-order valence-electron chi connectivity index (χ0n) is 6.88. The lowest BCUT2D eigenvalue weighted by molar-refractivity contribution is 1.18. The predicted octanol–water partition coefficient (Wildman–Crippen LogP) is 3.00. The maximum absolute atomic E-state index is 3.05. The highest BCUT2D eigenvalue weighted by molar-refractivity contribution is 5.16. The molecule has 0 aliphatic heterocycles. The Hall–Kier alpha value is -1.04. The van der Waals surface area contributed by atoms with Crippen LogP contribution >= 0.6 is 0 Å². The van der Waals surface area contributed by atoms with Gasteiger partial charge in [-0.1, -0.05) is 43.3 Å². The average molecular weight is 145 g/mol. The van der Waals surface area contributed by atoms with E-state index in [0.29, 0.717) is 0 Å². The molecule has 1 rings (SSSR count). The van der Waals surface area contributed by atoms with E-state index in [4.69, 9.17) is 0 Å². The van der Waals surface area contributed by atoms with Crippen molar-refractivity contribution >= 4 is 0 Å². The number of benzene rings is 1. The largest absolute Gasteiger partial charge is 0.0885 e. The molecule has 0 heteroatoms. The second kappa shape index (κ2) is 4.73. The summed E-state index contributed by atoms with van der Waals surface area (Å²) in [5, 5.41) is 0. The molecule has 0 aliphatic rings. The molecule has 0 unspecified atom stereocenters. The minimum atomic E-state index is 1.03. The van der Waals surface area contributed by atoms with Crippen LogP contribution in [0.4, 0.5) is 0 Å². The lowest BCUT2D eigenvalue weighted by Gasteiger charge is -1.92. The van der Waals surface area contributed by atoms with Crippen molar-refractivity contribution in [1.29, 1.82) is 0 Å². The summed E-state index contributed by atoms with van der Waals surface area (Å²) in [4.78, 5) is 0. The van der Waals surface area contributed by atoms with Crippen LogP contribution in [0.25, 0.3) is 0 Å². The molecule has 1 aromatic rings. The second-order valence-electron chi connectivity index (χ2n) is 2.50. The molecular formula is C11H13. The number of hydrogen-bond acceptors (Lipinski definition) is 0. The molecule has 0 saturated heterocycles. The van der Waals surface area contributed by atoms with E-state index in [-0.39, 0.29) is 0 Å². The highest BCUT2D eigenvalue weighted by Gasteiger charge is 1.84. The second-order valence-corrected chi connectivity index (χ2v) is 2.50. The van der Waals surface area contributed by atoms with Crippen LogP contribution in [0.3, 0.4) is 0 Å². The van der Waals surface area contributed by atoms with Gasteiger partial charge in [0.05, 0.1) is 0 Å². The lowest BCUT2D eigenvalue weighted by atomic mass is 10.1. The summed E-state index contributed by atoms with van der Waals surface area (Å²) in [5.41, 5.74) is 1.33. The van der Waals surface area contributed by atoms with Gasteiger partial charge in [0, 0.05) is 0 Å². The first-order valence-corrected chi connectivity index (χ1v) is 4.03. The van der Waals surface area contributed by atoms with Crippen LogP contribution in [0.5, 0.6) is 0 Å². The summed E-state index contributed by atoms with van der Waals surface area (Å²) < 4.78 is 0. The van der Waals surface area contributed by atoms with Crippen molar-refractivity contribution in [3.8, 4) is 0 Å². The Morgan fingerprint density at radius 2 is 2.36 bits per heavy atom. The molecule has 0 spiro atoms. The van der Waals surface area contributed by atoms with E-state index in [1.807, 2.05) is 18.2 Å². The number of allylic oxidation sites excluding steroid dienone is 2. The van der Waals surface area contributed by atoms with Gasteiger partial charge >= 0.3 is 0 Å². The average Bonchev–Trinajstić information content (AvgIpc) is 2.07. The van der Waals surface area contributed by atoms with Gasteiger partial charge in [0.15, 0.2) is 0 Å². The van der Waals surface area contributed by atoms with Crippen LogP contribution < -0.4 is 0 Å². The van der Waals surface area contributed by atoms with Crippen LogP contribution in [-0.4, -0.2) is 0 Å². The standard InChI is InChI=1S/C11H13/c1-2-3-5-8-11-9-6-4-7-10-11/h3-6,9-10H,2,8H2,1H3/b5-3+. The van der Waals surface area contributed by atoms with Crippen LogP contribution in [-0.2, 0) is 6.42 Å². The fraction of sp³-hybridized carbons (Fsp3) is 0.273. The molecule has 0 heterocycles. The Kier molecular flexibility index (Phi) is 3.46. The fourth-order valence-corrected chi connectivity index (χ4v) is 0.944. The van der Waals surface area contributed by atoms with Crippen molar-refractivity contribution in [2.45, 2.75) is 19.8 Å². The first-order valence-electron chi connectivity index (χ1n) is 4.03. The first-order chi connectivity index (χ1) is 5.43. The molecule has 0 bridgehead atoms. The van der Waals surface area contributed by atoms with Crippen molar-refractivity contribution in [2.75, 3.05) is 0 Å². The van der Waals surface area contributed by atoms with Gasteiger partial charge < -0.3 is 0 Å². The maximum atomic E-state index is 3.05. The smallest absolute Gasteiger partial charge is 0.00972 e. The van der Waals surface area contributed by atoms with Gasteiger partial charge in [0.1, 0.15) is 0 Å². The first kappa shape index (κ1) is 8.06. The molecule has 1 aromatic carbocycles. The SMILES string of the molecule is CC/C=C/Cc1c[c]ccc1. The van der Waals surface area contributed by atoms with E-state index in [1.54, 1.807) is 0 Å². The third kappa shape index (κ3) is 3.03. The van der Waals surface area contributed by atoms with Crippen molar-refractivity contribution in [2.24, 2.45) is 0 Å². The molecule has 0 atom stereocenters. The minimum absolute atomic E-state index is 1.03. The molecule has 0 aromatic heterocycles. The van der Waals surface area contributed by atoms with Crippen LogP contribution in [0.2, 0.25) is 0 Å². The minimum Gasteiger partial charge on any atom is -0.0885 e. The van der Waals surface area contributed by atoms with E-state index in [9.17, 15) is 0 Å². The fourth-order valence-electron chi connectivity index (χ4n) is 0.944. The zero-order valence-corrected chi connectivity index (χ0v) is 6.88. The van der Waals surface area contributed by atoms with E-state index < -0.39 is 0 Å². The molecule has 0 amide bonds. The van der Waals surface area contributed by atoms with Crippen LogP contribution in [0.1, 0.15) is 18.9 Å². The predicted molar refractivity (Wildman–Crippen MR) is 48.4 cm³/mol. The molecule has 0 N–H and O–H groups in total. The van der Waals surface area contributed by atoms with Gasteiger partial charge in [-0.3, -0.25) is 0 Å². The quantitative estimate of drug-likeness (QED) is 0.573. The van der Waals surface area contributed by atoms with E-state index in [2.05, 4.69) is 31.2 Å². The Bertz CT molecular complexity index is 209. The highest BCUT2D eigenvalue weighted by Crippen LogP contribution is 1.99. The summed E-state index contributed by atoms with van der Waals surface area (Å²) >= 11 is 0. The van der Waals surface area contributed by atoms with Gasteiger partial charge in [-0.25, -0.2) is 0 Å². The highest BCUT2D eigenvalue weighted by atomic mass is 13.9. The molecule has 0 nitrogen and oxygen atoms in total. The number of hydrogen-bond donors (Lipinski definition) is 0. The molecule has 0 fully saturated rings. The van der Waals surface area contributed by atoms with Gasteiger partial charge in [-0.2, -0.15) is 0 Å². The molecule has 0 aliphatic carbocycles. The van der Waals surface area contributed by atoms with Crippen LogP contribution in [0.15, 0.2) is 36.4 Å². The summed E-state index contributed by atoms with van der Waals surface area (Å²) in [6, 6.07) is 11.1. The lowest BCUT2D eigenvalue weighted by Crippen LogP contribution is -1.77. The van der Waals surface area contributed by atoms with Crippen molar-refractivity contribution in [3.05, 3.63) is 48.0 Å². The summed E-state index contributed by atoms with van der Waals surface area (Å²) in [6.45, 7) is 2.15. The third-order valence-corrected chi connectivity index (χ3v) is 1.53. The zero-order chi connectivity index (χ0) is 7.94. The van der Waals surface area contributed by atoms with Crippen molar-refractivity contribution in [1.82, 2.24) is 0 Å². The molecule has 57 valence electrons. The topological polar surface area (TPSA) is 0 Å². The molecular weight excluding hydrogens is 132 g/mol. The summed E-state index contributed by atoms with van der Waals surface area (Å²) in [5.74, 6) is 0. The van der Waals surface area contributed by atoms with Gasteiger partial charge in [0.25, 0.3) is 0 Å². The molecule has 1 radical (unpaired) electrons. The van der Waals surface area contributed by atoms with Gasteiger partial charge in [-0.15, -0.1) is 0 Å². The Balaban J connectivity index is 2.45. The summed E-state index contributed by atoms with van der Waals surface area (Å²) in [6.07, 6.45) is 6.54. The Morgan fingerprint density at radius 1 is 1.45 bits per heavy atom. The van der Waals surface area contributed by atoms with Gasteiger partial charge in [0.2, 0.25) is 0 Å². The molecule has 11 heavy (non-hydrogen) atoms. The van der Waals surface area contributed by atoms with E-state index in [1.165, 1.54) is 5.56 Å². The van der Waals surface area contributed by atoms with Crippen molar-refractivity contribution < 1.29 is 0 Å². The van der Waals surface area contributed by atoms with Gasteiger partial charge in [-0.05, 0) is 24.5 Å². The monoisotopic (exact) mass is 145 g/mol. The van der Waals surface area contributed by atoms with E-state index >= 15 is 0 Å².